The lowest BCUT2D eigenvalue weighted by atomic mass is 10.3. The number of aromatic nitrogens is 1. The van der Waals surface area contributed by atoms with Gasteiger partial charge in [-0.05, 0) is 40.2 Å². The maximum Gasteiger partial charge on any atom is 0.142 e. The zero-order valence-corrected chi connectivity index (χ0v) is 11.1. The van der Waals surface area contributed by atoms with E-state index in [1.807, 2.05) is 30.3 Å². The van der Waals surface area contributed by atoms with Crippen molar-refractivity contribution in [2.75, 3.05) is 10.7 Å². The molecule has 0 amide bonds. The summed E-state index contributed by atoms with van der Waals surface area (Å²) in [6, 6.07) is 11.0. The van der Waals surface area contributed by atoms with Crippen LogP contribution in [0.4, 0.5) is 17.3 Å². The molecule has 0 unspecified atom stereocenters. The molecule has 0 saturated carbocycles. The first-order valence-electron chi connectivity index (χ1n) is 4.85. The average molecular weight is 314 g/mol. The molecule has 17 heavy (non-hydrogen) atoms. The van der Waals surface area contributed by atoms with Gasteiger partial charge in [0.1, 0.15) is 11.6 Å². The van der Waals surface area contributed by atoms with Crippen molar-refractivity contribution in [3.05, 3.63) is 45.9 Å². The molecule has 0 atom stereocenters. The van der Waals surface area contributed by atoms with Gasteiger partial charge >= 0.3 is 0 Å². The minimum absolute atomic E-state index is 0.591. The largest absolute Gasteiger partial charge is 0.339 e. The van der Waals surface area contributed by atoms with Crippen molar-refractivity contribution in [3.8, 4) is 0 Å². The van der Waals surface area contributed by atoms with Crippen molar-refractivity contribution in [3.63, 3.8) is 0 Å². The number of nitrogens with two attached hydrogens (primary N) is 1. The fourth-order valence-corrected chi connectivity index (χ4v) is 1.86. The SMILES string of the molecule is NNc1cccc(Nc2cccc(Cl)c2Br)n1. The number of hydrogen-bond acceptors (Lipinski definition) is 4. The Kier molecular flexibility index (Phi) is 3.83. The summed E-state index contributed by atoms with van der Waals surface area (Å²) >= 11 is 9.41. The van der Waals surface area contributed by atoms with Crippen LogP contribution in [-0.4, -0.2) is 4.98 Å². The third-order valence-electron chi connectivity index (χ3n) is 2.11. The number of nitrogens with zero attached hydrogens (tertiary/aromatic N) is 1. The van der Waals surface area contributed by atoms with Gasteiger partial charge in [-0.25, -0.2) is 10.8 Å². The number of benzene rings is 1. The third kappa shape index (κ3) is 2.88. The Morgan fingerprint density at radius 3 is 2.59 bits per heavy atom. The lowest BCUT2D eigenvalue weighted by Crippen LogP contribution is -2.09. The first-order chi connectivity index (χ1) is 8.20. The third-order valence-corrected chi connectivity index (χ3v) is 3.51. The number of nitrogens with one attached hydrogen (secondary N) is 2. The van der Waals surface area contributed by atoms with Crippen LogP contribution in [0.25, 0.3) is 0 Å². The summed E-state index contributed by atoms with van der Waals surface area (Å²) in [5, 5.41) is 3.79. The Balaban J connectivity index is 2.28. The number of pyridine rings is 1. The Hall–Kier alpha value is -1.30. The molecule has 0 aliphatic carbocycles. The van der Waals surface area contributed by atoms with Gasteiger partial charge in [0.25, 0.3) is 0 Å². The van der Waals surface area contributed by atoms with E-state index in [-0.39, 0.29) is 0 Å². The monoisotopic (exact) mass is 312 g/mol. The molecule has 1 heterocycles. The number of anilines is 3. The van der Waals surface area contributed by atoms with Crippen LogP contribution in [-0.2, 0) is 0 Å². The standard InChI is InChI=1S/C11H10BrClN4/c12-11-7(13)3-1-4-8(11)15-9-5-2-6-10(16-9)17-14/h1-6H,14H2,(H2,15,16,17). The molecule has 4 nitrogen and oxygen atoms in total. The molecule has 1 aromatic carbocycles. The normalized spacial score (nSPS) is 10.1. The summed E-state index contributed by atoms with van der Waals surface area (Å²) in [7, 11) is 0. The van der Waals surface area contributed by atoms with Crippen LogP contribution in [0.5, 0.6) is 0 Å². The number of halogens is 2. The molecular weight excluding hydrogens is 304 g/mol. The van der Waals surface area contributed by atoms with Gasteiger partial charge in [-0.15, -0.1) is 0 Å². The van der Waals surface area contributed by atoms with Crippen molar-refractivity contribution in [1.82, 2.24) is 4.98 Å². The molecule has 0 radical (unpaired) electrons. The molecule has 0 spiro atoms. The maximum absolute atomic E-state index is 6.00. The molecule has 2 rings (SSSR count). The summed E-state index contributed by atoms with van der Waals surface area (Å²) in [5.41, 5.74) is 3.34. The average Bonchev–Trinajstić information content (AvgIpc) is 2.35. The Bertz CT molecular complexity index is 533. The van der Waals surface area contributed by atoms with Gasteiger partial charge in [-0.1, -0.05) is 23.7 Å². The second kappa shape index (κ2) is 5.35. The minimum Gasteiger partial charge on any atom is -0.339 e. The van der Waals surface area contributed by atoms with E-state index in [4.69, 9.17) is 17.4 Å². The fourth-order valence-electron chi connectivity index (χ4n) is 1.32. The van der Waals surface area contributed by atoms with E-state index < -0.39 is 0 Å². The number of hydrazine groups is 1. The van der Waals surface area contributed by atoms with Crippen LogP contribution in [0.1, 0.15) is 0 Å². The molecule has 88 valence electrons. The highest BCUT2D eigenvalue weighted by Crippen LogP contribution is 2.31. The number of nitrogen functional groups attached to an aromatic ring is 1. The summed E-state index contributed by atoms with van der Waals surface area (Å²) in [5.74, 6) is 6.57. The van der Waals surface area contributed by atoms with Crippen molar-refractivity contribution < 1.29 is 0 Å². The molecule has 0 fully saturated rings. The highest BCUT2D eigenvalue weighted by Gasteiger charge is 2.04. The van der Waals surface area contributed by atoms with Crippen LogP contribution in [0.15, 0.2) is 40.9 Å². The molecule has 0 bridgehead atoms. The van der Waals surface area contributed by atoms with Crippen LogP contribution >= 0.6 is 27.5 Å². The van der Waals surface area contributed by atoms with Crippen LogP contribution in [0, 0.1) is 0 Å². The summed E-state index contributed by atoms with van der Waals surface area (Å²) in [6.45, 7) is 0. The molecule has 0 aliphatic rings. The number of rotatable bonds is 3. The highest BCUT2D eigenvalue weighted by atomic mass is 79.9. The molecule has 2 aromatic rings. The lowest BCUT2D eigenvalue weighted by molar-refractivity contribution is 1.22. The summed E-state index contributed by atoms with van der Waals surface area (Å²) < 4.78 is 0.801. The van der Waals surface area contributed by atoms with E-state index in [0.29, 0.717) is 16.7 Å². The zero-order chi connectivity index (χ0) is 12.3. The topological polar surface area (TPSA) is 63.0 Å². The quantitative estimate of drug-likeness (QED) is 0.599. The van der Waals surface area contributed by atoms with Crippen molar-refractivity contribution >= 4 is 44.9 Å². The van der Waals surface area contributed by atoms with Gasteiger partial charge in [0.05, 0.1) is 15.2 Å². The van der Waals surface area contributed by atoms with Crippen LogP contribution < -0.4 is 16.6 Å². The smallest absolute Gasteiger partial charge is 0.142 e. The molecule has 1 aromatic heterocycles. The first kappa shape index (κ1) is 12.2. The fraction of sp³-hybridized carbons (Fsp3) is 0. The molecule has 4 N–H and O–H groups in total. The molecule has 6 heteroatoms. The predicted molar refractivity (Wildman–Crippen MR) is 74.5 cm³/mol. The summed E-state index contributed by atoms with van der Waals surface area (Å²) in [4.78, 5) is 4.25. The van der Waals surface area contributed by atoms with Gasteiger partial charge in [0.15, 0.2) is 0 Å². The van der Waals surface area contributed by atoms with Crippen LogP contribution in [0.2, 0.25) is 5.02 Å². The predicted octanol–water partition coefficient (Wildman–Crippen LogP) is 3.53. The van der Waals surface area contributed by atoms with Crippen molar-refractivity contribution in [2.24, 2.45) is 5.84 Å². The van der Waals surface area contributed by atoms with E-state index in [1.54, 1.807) is 6.07 Å². The lowest BCUT2D eigenvalue weighted by Gasteiger charge is -2.09. The van der Waals surface area contributed by atoms with Gasteiger partial charge in [0, 0.05) is 0 Å². The van der Waals surface area contributed by atoms with Gasteiger partial charge < -0.3 is 10.7 Å². The maximum atomic E-state index is 6.00. The van der Waals surface area contributed by atoms with Crippen LogP contribution in [0.3, 0.4) is 0 Å². The van der Waals surface area contributed by atoms with Crippen molar-refractivity contribution in [2.45, 2.75) is 0 Å². The molecule has 0 saturated heterocycles. The zero-order valence-electron chi connectivity index (χ0n) is 8.74. The Morgan fingerprint density at radius 2 is 1.82 bits per heavy atom. The van der Waals surface area contributed by atoms with Crippen molar-refractivity contribution in [1.29, 1.82) is 0 Å². The van der Waals surface area contributed by atoms with E-state index in [1.165, 1.54) is 0 Å². The molecule has 0 aliphatic heterocycles. The van der Waals surface area contributed by atoms with E-state index >= 15 is 0 Å². The summed E-state index contributed by atoms with van der Waals surface area (Å²) in [6.07, 6.45) is 0. The van der Waals surface area contributed by atoms with Gasteiger partial charge in [-0.2, -0.15) is 0 Å². The Labute approximate surface area is 112 Å². The van der Waals surface area contributed by atoms with E-state index in [9.17, 15) is 0 Å². The first-order valence-corrected chi connectivity index (χ1v) is 6.02. The second-order valence-electron chi connectivity index (χ2n) is 3.28. The molecular formula is C11H10BrClN4. The second-order valence-corrected chi connectivity index (χ2v) is 4.48. The van der Waals surface area contributed by atoms with E-state index in [0.717, 1.165) is 10.2 Å². The van der Waals surface area contributed by atoms with E-state index in [2.05, 4.69) is 31.7 Å². The number of hydrogen-bond donors (Lipinski definition) is 3. The minimum atomic E-state index is 0.591. The Morgan fingerprint density at radius 1 is 1.12 bits per heavy atom. The highest BCUT2D eigenvalue weighted by molar-refractivity contribution is 9.10. The van der Waals surface area contributed by atoms with Gasteiger partial charge in [0.2, 0.25) is 0 Å². The van der Waals surface area contributed by atoms with Gasteiger partial charge in [-0.3, -0.25) is 0 Å².